The third-order valence-corrected chi connectivity index (χ3v) is 6.24. The summed E-state index contributed by atoms with van der Waals surface area (Å²) in [4.78, 5) is 31.8. The molecule has 0 atom stereocenters. The van der Waals surface area contributed by atoms with E-state index in [-0.39, 0.29) is 11.6 Å². The molecule has 0 aliphatic carbocycles. The van der Waals surface area contributed by atoms with Gasteiger partial charge in [-0.1, -0.05) is 29.5 Å². The summed E-state index contributed by atoms with van der Waals surface area (Å²) in [6, 6.07) is 10.6. The van der Waals surface area contributed by atoms with Crippen molar-refractivity contribution in [1.29, 1.82) is 0 Å². The Balaban J connectivity index is 1.39. The normalized spacial score (nSPS) is 14.6. The number of nitro groups is 1. The van der Waals surface area contributed by atoms with Crippen molar-refractivity contribution in [2.45, 2.75) is 13.8 Å². The van der Waals surface area contributed by atoms with Crippen molar-refractivity contribution in [1.82, 2.24) is 9.88 Å². The van der Waals surface area contributed by atoms with Crippen LogP contribution in [0, 0.1) is 24.0 Å². The summed E-state index contributed by atoms with van der Waals surface area (Å²) in [5, 5.41) is 11.9. The molecule has 1 saturated heterocycles. The van der Waals surface area contributed by atoms with Crippen LogP contribution >= 0.6 is 11.3 Å². The highest BCUT2D eigenvalue weighted by molar-refractivity contribution is 7.22. The van der Waals surface area contributed by atoms with Crippen LogP contribution in [0.4, 0.5) is 10.8 Å². The molecule has 3 aromatic rings. The maximum Gasteiger partial charge on any atom is 0.270 e. The lowest BCUT2D eigenvalue weighted by atomic mass is 10.1. The second kappa shape index (κ2) is 8.23. The number of benzene rings is 2. The SMILES string of the molecule is Cc1cc(C)c2nc(N3CCN(C(=O)/C=C/c4cccc([N+](=O)[O-])c4)CC3)sc2c1. The molecule has 30 heavy (non-hydrogen) atoms. The van der Waals surface area contributed by atoms with Crippen molar-refractivity contribution >= 4 is 44.4 Å². The molecule has 8 heteroatoms. The van der Waals surface area contributed by atoms with E-state index >= 15 is 0 Å². The first-order valence-corrected chi connectivity index (χ1v) is 10.6. The number of aryl methyl sites for hydroxylation is 2. The van der Waals surface area contributed by atoms with Gasteiger partial charge in [-0.2, -0.15) is 0 Å². The number of aromatic nitrogens is 1. The fourth-order valence-corrected chi connectivity index (χ4v) is 4.82. The van der Waals surface area contributed by atoms with Crippen LogP contribution in [0.2, 0.25) is 0 Å². The predicted molar refractivity (Wildman–Crippen MR) is 120 cm³/mol. The van der Waals surface area contributed by atoms with Crippen LogP contribution in [0.15, 0.2) is 42.5 Å². The van der Waals surface area contributed by atoms with E-state index in [4.69, 9.17) is 4.98 Å². The molecule has 4 rings (SSSR count). The van der Waals surface area contributed by atoms with Crippen LogP contribution in [0.5, 0.6) is 0 Å². The van der Waals surface area contributed by atoms with E-state index in [0.717, 1.165) is 23.7 Å². The zero-order valence-corrected chi connectivity index (χ0v) is 17.7. The molecule has 1 amide bonds. The molecule has 0 spiro atoms. The van der Waals surface area contributed by atoms with E-state index in [1.807, 2.05) is 0 Å². The highest BCUT2D eigenvalue weighted by Crippen LogP contribution is 2.32. The number of hydrogen-bond acceptors (Lipinski definition) is 6. The molecule has 0 unspecified atom stereocenters. The Bertz CT molecular complexity index is 1150. The van der Waals surface area contributed by atoms with Crippen LogP contribution in [-0.4, -0.2) is 46.9 Å². The number of rotatable bonds is 4. The van der Waals surface area contributed by atoms with Crippen molar-refractivity contribution in [3.63, 3.8) is 0 Å². The number of piperazine rings is 1. The molecular formula is C22H22N4O3S. The Morgan fingerprint density at radius 2 is 1.93 bits per heavy atom. The molecule has 1 fully saturated rings. The van der Waals surface area contributed by atoms with Gasteiger partial charge in [-0.3, -0.25) is 14.9 Å². The summed E-state index contributed by atoms with van der Waals surface area (Å²) in [7, 11) is 0. The van der Waals surface area contributed by atoms with Gasteiger partial charge in [0.25, 0.3) is 5.69 Å². The minimum atomic E-state index is -0.441. The highest BCUT2D eigenvalue weighted by atomic mass is 32.1. The molecule has 1 aliphatic rings. The lowest BCUT2D eigenvalue weighted by Crippen LogP contribution is -2.48. The maximum absolute atomic E-state index is 12.5. The van der Waals surface area contributed by atoms with Crippen molar-refractivity contribution in [2.75, 3.05) is 31.1 Å². The molecule has 2 heterocycles. The molecule has 154 valence electrons. The number of fused-ring (bicyclic) bond motifs is 1. The van der Waals surface area contributed by atoms with Crippen LogP contribution in [-0.2, 0) is 4.79 Å². The Hall–Kier alpha value is -3.26. The summed E-state index contributed by atoms with van der Waals surface area (Å²) in [5.74, 6) is -0.0862. The van der Waals surface area contributed by atoms with E-state index in [1.165, 1.54) is 34.0 Å². The quantitative estimate of drug-likeness (QED) is 0.358. The molecule has 0 radical (unpaired) electrons. The second-order valence-electron chi connectivity index (χ2n) is 7.42. The first-order chi connectivity index (χ1) is 14.4. The predicted octanol–water partition coefficient (Wildman–Crippen LogP) is 4.18. The third kappa shape index (κ3) is 4.18. The number of amides is 1. The first-order valence-electron chi connectivity index (χ1n) is 9.75. The highest BCUT2D eigenvalue weighted by Gasteiger charge is 2.22. The number of anilines is 1. The van der Waals surface area contributed by atoms with Gasteiger partial charge in [0, 0.05) is 44.4 Å². The molecule has 1 aliphatic heterocycles. The Morgan fingerprint density at radius 1 is 1.17 bits per heavy atom. The number of non-ortho nitro benzene ring substituents is 1. The topological polar surface area (TPSA) is 79.6 Å². The Labute approximate surface area is 178 Å². The van der Waals surface area contributed by atoms with Gasteiger partial charge < -0.3 is 9.80 Å². The average molecular weight is 423 g/mol. The lowest BCUT2D eigenvalue weighted by molar-refractivity contribution is -0.384. The third-order valence-electron chi connectivity index (χ3n) is 5.18. The molecule has 1 aromatic heterocycles. The molecular weight excluding hydrogens is 400 g/mol. The lowest BCUT2D eigenvalue weighted by Gasteiger charge is -2.34. The molecule has 0 N–H and O–H groups in total. The number of carbonyl (C=O) groups excluding carboxylic acids is 1. The number of carbonyl (C=O) groups is 1. The number of hydrogen-bond donors (Lipinski definition) is 0. The Kier molecular flexibility index (Phi) is 5.50. The van der Waals surface area contributed by atoms with Gasteiger partial charge in [-0.05, 0) is 42.7 Å². The van der Waals surface area contributed by atoms with Gasteiger partial charge in [0.1, 0.15) is 0 Å². The van der Waals surface area contributed by atoms with Gasteiger partial charge in [-0.25, -0.2) is 4.98 Å². The van der Waals surface area contributed by atoms with Gasteiger partial charge in [0.15, 0.2) is 5.13 Å². The standard InChI is InChI=1S/C22H22N4O3S/c1-15-12-16(2)21-19(13-15)30-22(23-21)25-10-8-24(9-11-25)20(27)7-6-17-4-3-5-18(14-17)26(28)29/h3-7,12-14H,8-11H2,1-2H3/b7-6+. The van der Waals surface area contributed by atoms with Crippen LogP contribution < -0.4 is 4.90 Å². The number of thiazole rings is 1. The molecule has 7 nitrogen and oxygen atoms in total. The smallest absolute Gasteiger partial charge is 0.270 e. The van der Waals surface area contributed by atoms with Crippen LogP contribution in [0.1, 0.15) is 16.7 Å². The van der Waals surface area contributed by atoms with E-state index in [9.17, 15) is 14.9 Å². The Morgan fingerprint density at radius 3 is 2.67 bits per heavy atom. The minimum Gasteiger partial charge on any atom is -0.345 e. The summed E-state index contributed by atoms with van der Waals surface area (Å²) in [5.41, 5.74) is 4.13. The minimum absolute atomic E-state index is 0.0134. The maximum atomic E-state index is 12.5. The van der Waals surface area contributed by atoms with Gasteiger partial charge in [0.05, 0.1) is 15.1 Å². The van der Waals surface area contributed by atoms with Gasteiger partial charge in [0.2, 0.25) is 5.91 Å². The fourth-order valence-electron chi connectivity index (χ4n) is 3.63. The molecule has 2 aromatic carbocycles. The van der Waals surface area contributed by atoms with E-state index in [2.05, 4.69) is 30.9 Å². The van der Waals surface area contributed by atoms with Crippen molar-refractivity contribution in [2.24, 2.45) is 0 Å². The summed E-state index contributed by atoms with van der Waals surface area (Å²) in [6.45, 7) is 6.88. The van der Waals surface area contributed by atoms with Crippen LogP contribution in [0.3, 0.4) is 0 Å². The summed E-state index contributed by atoms with van der Waals surface area (Å²) in [6.07, 6.45) is 3.11. The van der Waals surface area contributed by atoms with Crippen LogP contribution in [0.25, 0.3) is 16.3 Å². The van der Waals surface area contributed by atoms with Crippen molar-refractivity contribution in [3.8, 4) is 0 Å². The number of nitrogens with zero attached hydrogens (tertiary/aromatic N) is 4. The van der Waals surface area contributed by atoms with E-state index in [0.29, 0.717) is 18.7 Å². The average Bonchev–Trinajstić information content (AvgIpc) is 3.17. The summed E-state index contributed by atoms with van der Waals surface area (Å²) >= 11 is 1.70. The zero-order chi connectivity index (χ0) is 21.3. The first kappa shape index (κ1) is 20.0. The second-order valence-corrected chi connectivity index (χ2v) is 8.43. The fraction of sp³-hybridized carbons (Fsp3) is 0.273. The van der Waals surface area contributed by atoms with E-state index in [1.54, 1.807) is 34.4 Å². The molecule has 0 saturated carbocycles. The largest absolute Gasteiger partial charge is 0.345 e. The summed E-state index contributed by atoms with van der Waals surface area (Å²) < 4.78 is 1.20. The van der Waals surface area contributed by atoms with Gasteiger partial charge in [-0.15, -0.1) is 0 Å². The monoisotopic (exact) mass is 422 g/mol. The van der Waals surface area contributed by atoms with E-state index < -0.39 is 4.92 Å². The molecule has 0 bridgehead atoms. The van der Waals surface area contributed by atoms with Crippen molar-refractivity contribution < 1.29 is 9.72 Å². The van der Waals surface area contributed by atoms with Crippen molar-refractivity contribution in [3.05, 3.63) is 69.3 Å². The number of nitro benzene ring substituents is 1. The zero-order valence-electron chi connectivity index (χ0n) is 16.9. The van der Waals surface area contributed by atoms with Gasteiger partial charge >= 0.3 is 0 Å².